The molecule has 0 atom stereocenters. The molecule has 1 aromatic heterocycles. The summed E-state index contributed by atoms with van der Waals surface area (Å²) in [5, 5.41) is 0. The van der Waals surface area contributed by atoms with Crippen molar-refractivity contribution in [3.05, 3.63) is 21.4 Å². The Kier molecular flexibility index (Phi) is 2.94. The molecule has 0 saturated carbocycles. The van der Waals surface area contributed by atoms with Gasteiger partial charge in [-0.2, -0.15) is 0 Å². The lowest BCUT2D eigenvalue weighted by Gasteiger charge is -2.26. The lowest BCUT2D eigenvalue weighted by Crippen LogP contribution is -2.43. The molecule has 0 spiro atoms. The highest BCUT2D eigenvalue weighted by atomic mass is 32.2. The van der Waals surface area contributed by atoms with Gasteiger partial charge in [0.15, 0.2) is 9.84 Å². The quantitative estimate of drug-likeness (QED) is 0.776. The van der Waals surface area contributed by atoms with Crippen molar-refractivity contribution >= 4 is 27.1 Å². The summed E-state index contributed by atoms with van der Waals surface area (Å²) in [5.74, 6) is 0.206. The van der Waals surface area contributed by atoms with Crippen LogP contribution in [-0.4, -0.2) is 43.8 Å². The maximum Gasteiger partial charge on any atom is 0.263 e. The molecule has 2 aliphatic rings. The summed E-state index contributed by atoms with van der Waals surface area (Å²) < 4.78 is 22.7. The molecule has 1 saturated heterocycles. The van der Waals surface area contributed by atoms with E-state index < -0.39 is 9.84 Å². The van der Waals surface area contributed by atoms with E-state index in [2.05, 4.69) is 0 Å². The van der Waals surface area contributed by atoms with Crippen LogP contribution >= 0.6 is 11.3 Å². The number of hydrogen-bond donors (Lipinski definition) is 0. The van der Waals surface area contributed by atoms with E-state index >= 15 is 0 Å². The number of rotatable bonds is 1. The van der Waals surface area contributed by atoms with E-state index in [1.165, 1.54) is 16.9 Å². The molecule has 0 N–H and O–H groups in total. The van der Waals surface area contributed by atoms with Gasteiger partial charge in [-0.1, -0.05) is 0 Å². The van der Waals surface area contributed by atoms with E-state index in [1.807, 2.05) is 6.07 Å². The van der Waals surface area contributed by atoms with Crippen LogP contribution in [0.4, 0.5) is 0 Å². The Morgan fingerprint density at radius 1 is 1.22 bits per heavy atom. The van der Waals surface area contributed by atoms with E-state index in [0.29, 0.717) is 13.1 Å². The van der Waals surface area contributed by atoms with E-state index in [0.717, 1.165) is 17.7 Å². The monoisotopic (exact) mass is 285 g/mol. The van der Waals surface area contributed by atoms with Crippen LogP contribution in [0.2, 0.25) is 0 Å². The number of sulfone groups is 1. The second-order valence-corrected chi connectivity index (χ2v) is 8.30. The standard InChI is InChI=1S/C12H15NO3S2/c14-12(13-4-6-18(15,16)7-5-13)11-8-9-2-1-3-10(9)17-11/h8H,1-7H2. The summed E-state index contributed by atoms with van der Waals surface area (Å²) in [6.45, 7) is 0.674. The van der Waals surface area contributed by atoms with Crippen molar-refractivity contribution in [2.75, 3.05) is 24.6 Å². The van der Waals surface area contributed by atoms with Crippen LogP contribution in [-0.2, 0) is 22.7 Å². The zero-order valence-electron chi connectivity index (χ0n) is 10.0. The highest BCUT2D eigenvalue weighted by Crippen LogP contribution is 2.31. The van der Waals surface area contributed by atoms with Gasteiger partial charge in [0, 0.05) is 18.0 Å². The highest BCUT2D eigenvalue weighted by molar-refractivity contribution is 7.91. The van der Waals surface area contributed by atoms with Crippen molar-refractivity contribution in [3.63, 3.8) is 0 Å². The molecule has 0 bridgehead atoms. The lowest BCUT2D eigenvalue weighted by molar-refractivity contribution is 0.0775. The summed E-state index contributed by atoms with van der Waals surface area (Å²) in [6.07, 6.45) is 3.35. The fourth-order valence-electron chi connectivity index (χ4n) is 2.51. The second-order valence-electron chi connectivity index (χ2n) is 4.86. The molecule has 1 aliphatic heterocycles. The largest absolute Gasteiger partial charge is 0.336 e. The van der Waals surface area contributed by atoms with Crippen LogP contribution in [0.1, 0.15) is 26.5 Å². The van der Waals surface area contributed by atoms with Gasteiger partial charge in [0.05, 0.1) is 16.4 Å². The number of carbonyl (C=O) groups excluding carboxylic acids is 1. The van der Waals surface area contributed by atoms with Crippen LogP contribution in [0.3, 0.4) is 0 Å². The average molecular weight is 285 g/mol. The Hall–Kier alpha value is -0.880. The van der Waals surface area contributed by atoms with Crippen LogP contribution in [0.15, 0.2) is 6.07 Å². The summed E-state index contributed by atoms with van der Waals surface area (Å²) in [4.78, 5) is 16.0. The Labute approximate surface area is 111 Å². The number of nitrogens with zero attached hydrogens (tertiary/aromatic N) is 1. The van der Waals surface area contributed by atoms with E-state index in [4.69, 9.17) is 0 Å². The Balaban J connectivity index is 1.75. The van der Waals surface area contributed by atoms with Crippen molar-refractivity contribution < 1.29 is 13.2 Å². The van der Waals surface area contributed by atoms with E-state index in [-0.39, 0.29) is 17.4 Å². The minimum Gasteiger partial charge on any atom is -0.336 e. The minimum atomic E-state index is -2.92. The molecule has 1 aliphatic carbocycles. The molecule has 0 radical (unpaired) electrons. The zero-order valence-corrected chi connectivity index (χ0v) is 11.6. The summed E-state index contributed by atoms with van der Waals surface area (Å²) in [6, 6.07) is 2.00. The topological polar surface area (TPSA) is 54.5 Å². The number of thiophene rings is 1. The maximum atomic E-state index is 12.3. The average Bonchev–Trinajstić information content (AvgIpc) is 2.88. The van der Waals surface area contributed by atoms with Gasteiger partial charge in [0.1, 0.15) is 0 Å². The first-order valence-electron chi connectivity index (χ1n) is 6.16. The normalized spacial score (nSPS) is 21.9. The molecule has 1 fully saturated rings. The molecule has 0 aromatic carbocycles. The van der Waals surface area contributed by atoms with Gasteiger partial charge < -0.3 is 4.90 Å². The number of amides is 1. The molecule has 4 nitrogen and oxygen atoms in total. The fourth-order valence-corrected chi connectivity index (χ4v) is 4.93. The van der Waals surface area contributed by atoms with Gasteiger partial charge in [-0.3, -0.25) is 4.79 Å². The van der Waals surface area contributed by atoms with Crippen molar-refractivity contribution in [1.29, 1.82) is 0 Å². The van der Waals surface area contributed by atoms with Crippen molar-refractivity contribution in [3.8, 4) is 0 Å². The molecule has 1 aromatic rings. The molecular formula is C12H15NO3S2. The zero-order chi connectivity index (χ0) is 12.8. The molecule has 3 rings (SSSR count). The van der Waals surface area contributed by atoms with Gasteiger partial charge in [0.2, 0.25) is 0 Å². The molecule has 2 heterocycles. The number of carbonyl (C=O) groups is 1. The lowest BCUT2D eigenvalue weighted by atomic mass is 10.2. The van der Waals surface area contributed by atoms with Gasteiger partial charge in [-0.15, -0.1) is 11.3 Å². The Morgan fingerprint density at radius 2 is 1.94 bits per heavy atom. The van der Waals surface area contributed by atoms with Crippen LogP contribution in [0.5, 0.6) is 0 Å². The minimum absolute atomic E-state index is 0.00398. The molecule has 98 valence electrons. The van der Waals surface area contributed by atoms with Gasteiger partial charge in [-0.05, 0) is 30.9 Å². The van der Waals surface area contributed by atoms with Crippen LogP contribution < -0.4 is 0 Å². The van der Waals surface area contributed by atoms with Crippen molar-refractivity contribution in [2.45, 2.75) is 19.3 Å². The second kappa shape index (κ2) is 4.35. The predicted molar refractivity (Wildman–Crippen MR) is 70.9 cm³/mol. The predicted octanol–water partition coefficient (Wildman–Crippen LogP) is 1.11. The molecule has 1 amide bonds. The van der Waals surface area contributed by atoms with Crippen molar-refractivity contribution in [1.82, 2.24) is 4.90 Å². The smallest absolute Gasteiger partial charge is 0.263 e. The number of aryl methyl sites for hydroxylation is 2. The first-order chi connectivity index (χ1) is 8.55. The molecule has 0 unspecified atom stereocenters. The summed E-state index contributed by atoms with van der Waals surface area (Å²) >= 11 is 1.58. The van der Waals surface area contributed by atoms with Gasteiger partial charge in [0.25, 0.3) is 5.91 Å². The third kappa shape index (κ3) is 2.19. The highest BCUT2D eigenvalue weighted by Gasteiger charge is 2.27. The van der Waals surface area contributed by atoms with Crippen LogP contribution in [0, 0.1) is 0 Å². The first kappa shape index (κ1) is 12.2. The Morgan fingerprint density at radius 3 is 2.61 bits per heavy atom. The Bertz CT molecular complexity index is 553. The summed E-state index contributed by atoms with van der Waals surface area (Å²) in [7, 11) is -2.92. The maximum absolute atomic E-state index is 12.3. The van der Waals surface area contributed by atoms with Crippen molar-refractivity contribution in [2.24, 2.45) is 0 Å². The summed E-state index contributed by atoms with van der Waals surface area (Å²) in [5.41, 5.74) is 1.31. The van der Waals surface area contributed by atoms with Gasteiger partial charge in [-0.25, -0.2) is 8.42 Å². The van der Waals surface area contributed by atoms with E-state index in [1.54, 1.807) is 16.2 Å². The molecule has 18 heavy (non-hydrogen) atoms. The third-order valence-corrected chi connectivity index (χ3v) is 6.42. The van der Waals surface area contributed by atoms with Gasteiger partial charge >= 0.3 is 0 Å². The molecule has 6 heteroatoms. The first-order valence-corrected chi connectivity index (χ1v) is 8.80. The van der Waals surface area contributed by atoms with E-state index in [9.17, 15) is 13.2 Å². The van der Waals surface area contributed by atoms with Crippen LogP contribution in [0.25, 0.3) is 0 Å². The number of hydrogen-bond acceptors (Lipinski definition) is 4. The third-order valence-electron chi connectivity index (χ3n) is 3.59. The fraction of sp³-hybridized carbons (Fsp3) is 0.583. The SMILES string of the molecule is O=C(c1cc2c(s1)CCC2)N1CCS(=O)(=O)CC1. The molecular weight excluding hydrogens is 270 g/mol. The number of fused-ring (bicyclic) bond motifs is 1.